The molecule has 1 amide bonds. The molecule has 1 fully saturated rings. The van der Waals surface area contributed by atoms with E-state index in [1.807, 2.05) is 40.0 Å². The number of amides is 1. The average Bonchev–Trinajstić information content (AvgIpc) is 3.43. The summed E-state index contributed by atoms with van der Waals surface area (Å²) >= 11 is 10.4. The number of carbonyl (C=O) groups excluding carboxylic acids is 1. The number of rotatable bonds is 9. The Morgan fingerprint density at radius 3 is 2.65 bits per heavy atom. The predicted octanol–water partition coefficient (Wildman–Crippen LogP) is 7.99. The van der Waals surface area contributed by atoms with Crippen molar-refractivity contribution in [3.8, 4) is 11.3 Å². The first kappa shape index (κ1) is 30.8. The zero-order chi connectivity index (χ0) is 29.2. The van der Waals surface area contributed by atoms with Crippen molar-refractivity contribution in [2.24, 2.45) is 0 Å². The Balaban J connectivity index is 1.59. The van der Waals surface area contributed by atoms with E-state index in [9.17, 15) is 4.79 Å². The Labute approximate surface area is 251 Å². The number of ether oxygens (including phenoxy) is 2. The molecule has 4 rings (SSSR count). The molecule has 1 aromatic carbocycles. The minimum Gasteiger partial charge on any atom is -0.444 e. The maximum absolute atomic E-state index is 12.4. The minimum atomic E-state index is -1.19. The summed E-state index contributed by atoms with van der Waals surface area (Å²) in [6.45, 7) is 15.8. The number of hydrogen-bond acceptors (Lipinski definition) is 6. The zero-order valence-corrected chi connectivity index (χ0v) is 27.9. The first-order chi connectivity index (χ1) is 18.7. The number of aromatic nitrogens is 3. The monoisotopic (exact) mass is 649 g/mol. The Kier molecular flexibility index (Phi) is 9.54. The van der Waals surface area contributed by atoms with Gasteiger partial charge in [0.05, 0.1) is 22.3 Å². The van der Waals surface area contributed by atoms with Crippen LogP contribution in [-0.2, 0) is 16.2 Å². The molecule has 2 atom stereocenters. The van der Waals surface area contributed by atoms with Crippen LogP contribution in [0.15, 0.2) is 29.0 Å². The first-order valence-corrected chi connectivity index (χ1v) is 18.7. The molecule has 2 aromatic heterocycles. The summed E-state index contributed by atoms with van der Waals surface area (Å²) < 4.78 is 14.5. The number of hydrogen-bond donors (Lipinski definition) is 2. The van der Waals surface area contributed by atoms with Gasteiger partial charge in [-0.15, -0.1) is 0 Å². The number of carbonyl (C=O) groups is 1. The van der Waals surface area contributed by atoms with Crippen LogP contribution in [0.25, 0.3) is 22.2 Å². The van der Waals surface area contributed by atoms with E-state index in [1.54, 1.807) is 0 Å². The third-order valence-electron chi connectivity index (χ3n) is 6.92. The topological polar surface area (TPSA) is 90.3 Å². The lowest BCUT2D eigenvalue weighted by Gasteiger charge is -2.25. The van der Waals surface area contributed by atoms with Crippen molar-refractivity contribution in [2.45, 2.75) is 97.1 Å². The number of fused-ring (bicyclic) bond motifs is 1. The molecule has 0 unspecified atom stereocenters. The molecule has 1 aliphatic rings. The minimum absolute atomic E-state index is 0.00887. The lowest BCUT2D eigenvalue weighted by atomic mass is 10.1. The highest BCUT2D eigenvalue weighted by Gasteiger charge is 2.31. The molecule has 218 valence electrons. The van der Waals surface area contributed by atoms with E-state index in [0.29, 0.717) is 17.7 Å². The number of benzene rings is 1. The van der Waals surface area contributed by atoms with Gasteiger partial charge >= 0.3 is 6.09 Å². The van der Waals surface area contributed by atoms with Crippen molar-refractivity contribution in [3.05, 3.63) is 39.6 Å². The summed E-state index contributed by atoms with van der Waals surface area (Å²) in [6, 6.07) is 5.07. The molecular weight excluding hydrogens is 610 g/mol. The van der Waals surface area contributed by atoms with Gasteiger partial charge in [-0.05, 0) is 80.6 Å². The Morgan fingerprint density at radius 2 is 1.95 bits per heavy atom. The Morgan fingerprint density at radius 1 is 1.23 bits per heavy atom. The normalized spacial score (nSPS) is 17.8. The molecule has 0 bridgehead atoms. The van der Waals surface area contributed by atoms with Crippen LogP contribution in [0.5, 0.6) is 0 Å². The first-order valence-electron chi connectivity index (χ1n) is 13.9. The lowest BCUT2D eigenvalue weighted by molar-refractivity contribution is 0.0503. The molecular formula is C29H41BrClN5O3Si. The van der Waals surface area contributed by atoms with Crippen LogP contribution in [0.2, 0.25) is 30.7 Å². The largest absolute Gasteiger partial charge is 0.444 e. The fourth-order valence-corrected chi connectivity index (χ4v) is 6.22. The predicted molar refractivity (Wildman–Crippen MR) is 169 cm³/mol. The van der Waals surface area contributed by atoms with Crippen LogP contribution in [-0.4, -0.2) is 53.0 Å². The van der Waals surface area contributed by atoms with Crippen LogP contribution >= 0.6 is 27.5 Å². The van der Waals surface area contributed by atoms with E-state index in [1.165, 1.54) is 0 Å². The van der Waals surface area contributed by atoms with Gasteiger partial charge in [0.25, 0.3) is 0 Å². The molecule has 2 N–H and O–H groups in total. The molecule has 40 heavy (non-hydrogen) atoms. The average molecular weight is 651 g/mol. The fourth-order valence-electron chi connectivity index (χ4n) is 4.87. The summed E-state index contributed by atoms with van der Waals surface area (Å²) in [4.78, 5) is 21.9. The van der Waals surface area contributed by atoms with Crippen molar-refractivity contribution in [1.82, 2.24) is 19.9 Å². The van der Waals surface area contributed by atoms with Crippen LogP contribution in [0, 0.1) is 6.92 Å². The SMILES string of the molecule is Cc1cnc(N[C@H]2CCC[C@@H]2NC(=O)OC(C)(C)C)nc1-c1cn(COCC[Si](C)(C)C)c2c(Cl)c(Br)ccc12. The second-order valence-corrected chi connectivity index (χ2v) is 19.6. The van der Waals surface area contributed by atoms with Gasteiger partial charge in [0.2, 0.25) is 5.95 Å². The molecule has 0 aliphatic heterocycles. The number of anilines is 1. The highest BCUT2D eigenvalue weighted by Crippen LogP contribution is 2.38. The summed E-state index contributed by atoms with van der Waals surface area (Å²) in [5, 5.41) is 8.14. The molecule has 1 saturated carbocycles. The quantitative estimate of drug-likeness (QED) is 0.180. The molecule has 0 saturated heterocycles. The second kappa shape index (κ2) is 12.4. The highest BCUT2D eigenvalue weighted by molar-refractivity contribution is 9.10. The van der Waals surface area contributed by atoms with Crippen molar-refractivity contribution in [2.75, 3.05) is 11.9 Å². The number of nitrogens with zero attached hydrogens (tertiary/aromatic N) is 3. The van der Waals surface area contributed by atoms with Gasteiger partial charge in [-0.1, -0.05) is 37.3 Å². The van der Waals surface area contributed by atoms with Gasteiger partial charge < -0.3 is 24.7 Å². The lowest BCUT2D eigenvalue weighted by Crippen LogP contribution is -2.45. The van der Waals surface area contributed by atoms with Crippen molar-refractivity contribution < 1.29 is 14.3 Å². The standard InChI is InChI=1S/C29H41BrClN5O3Si/c1-18-15-32-27(33-22-9-8-10-23(22)34-28(37)39-29(2,3)4)35-25(18)20-16-36(17-38-13-14-40(5,6)7)26-19(20)11-12-21(30)24(26)31/h11-12,15-16,22-23H,8-10,13-14,17H2,1-7H3,(H,34,37)(H,32,33,35)/t22-,23-/m0/s1. The maximum atomic E-state index is 12.4. The maximum Gasteiger partial charge on any atom is 0.407 e. The number of nitrogens with one attached hydrogen (secondary N) is 2. The Bertz CT molecular complexity index is 1370. The number of aryl methyl sites for hydroxylation is 1. The summed E-state index contributed by atoms with van der Waals surface area (Å²) in [5.41, 5.74) is 3.12. The van der Waals surface area contributed by atoms with Gasteiger partial charge in [0, 0.05) is 48.5 Å². The zero-order valence-electron chi connectivity index (χ0n) is 24.5. The summed E-state index contributed by atoms with van der Waals surface area (Å²) in [5.74, 6) is 0.527. The van der Waals surface area contributed by atoms with Crippen molar-refractivity contribution >= 4 is 58.5 Å². The molecule has 0 radical (unpaired) electrons. The van der Waals surface area contributed by atoms with Gasteiger partial charge in [-0.25, -0.2) is 14.8 Å². The van der Waals surface area contributed by atoms with Crippen LogP contribution < -0.4 is 10.6 Å². The molecule has 2 heterocycles. The van der Waals surface area contributed by atoms with Crippen molar-refractivity contribution in [3.63, 3.8) is 0 Å². The summed E-state index contributed by atoms with van der Waals surface area (Å²) in [6.07, 6.45) is 6.27. The van der Waals surface area contributed by atoms with Crippen molar-refractivity contribution in [1.29, 1.82) is 0 Å². The highest BCUT2D eigenvalue weighted by atomic mass is 79.9. The van der Waals surface area contributed by atoms with E-state index in [4.69, 9.17) is 26.1 Å². The number of halogens is 2. The van der Waals surface area contributed by atoms with Gasteiger partial charge in [-0.3, -0.25) is 0 Å². The second-order valence-electron chi connectivity index (χ2n) is 12.8. The molecule has 1 aliphatic carbocycles. The van der Waals surface area contributed by atoms with Gasteiger partial charge in [-0.2, -0.15) is 0 Å². The Hall–Kier alpha value is -2.14. The molecule has 0 spiro atoms. The van der Waals surface area contributed by atoms with E-state index < -0.39 is 19.8 Å². The van der Waals surface area contributed by atoms with Gasteiger partial charge in [0.1, 0.15) is 12.3 Å². The third kappa shape index (κ3) is 7.77. The number of alkyl carbamates (subject to hydrolysis) is 1. The van der Waals surface area contributed by atoms with Gasteiger partial charge in [0.15, 0.2) is 0 Å². The van der Waals surface area contributed by atoms with E-state index >= 15 is 0 Å². The van der Waals surface area contributed by atoms with E-state index in [2.05, 4.69) is 68.0 Å². The third-order valence-corrected chi connectivity index (χ3v) is 9.89. The molecule has 3 aromatic rings. The smallest absolute Gasteiger partial charge is 0.407 e. The molecule has 8 nitrogen and oxygen atoms in total. The molecule has 11 heteroatoms. The van der Waals surface area contributed by atoms with E-state index in [-0.39, 0.29) is 12.1 Å². The van der Waals surface area contributed by atoms with Crippen LogP contribution in [0.1, 0.15) is 45.6 Å². The van der Waals surface area contributed by atoms with Crippen LogP contribution in [0.4, 0.5) is 10.7 Å². The fraction of sp³-hybridized carbons (Fsp3) is 0.552. The van der Waals surface area contributed by atoms with Crippen LogP contribution in [0.3, 0.4) is 0 Å². The summed E-state index contributed by atoms with van der Waals surface area (Å²) in [7, 11) is -1.19. The van der Waals surface area contributed by atoms with E-state index in [0.717, 1.165) is 64.1 Å².